The molecule has 0 N–H and O–H groups in total. The second kappa shape index (κ2) is 6.05. The molecule has 0 saturated carbocycles. The molecule has 0 amide bonds. The van der Waals surface area contributed by atoms with E-state index in [0.717, 1.165) is 6.04 Å². The number of hydrogen-bond acceptors (Lipinski definition) is 2. The topological polar surface area (TPSA) is 18.5 Å². The molecule has 0 aromatic heterocycles. The van der Waals surface area contributed by atoms with Crippen LogP contribution >= 0.6 is 0 Å². The monoisotopic (exact) mass is 234 g/mol. The lowest BCUT2D eigenvalue weighted by Crippen LogP contribution is -2.46. The molecule has 14 heavy (non-hydrogen) atoms. The molecule has 0 aliphatic heterocycles. The third kappa shape index (κ3) is 5.29. The maximum absolute atomic E-state index is 5.72. The molecule has 0 atom stereocenters. The Morgan fingerprint density at radius 2 is 1.50 bits per heavy atom. The van der Waals surface area contributed by atoms with Crippen LogP contribution in [0.15, 0.2) is 0 Å². The molecule has 0 aromatic carbocycles. The lowest BCUT2D eigenvalue weighted by atomic mass is 10.4. The van der Waals surface area contributed by atoms with E-state index >= 15 is 0 Å². The number of rotatable bonds is 7. The van der Waals surface area contributed by atoms with Gasteiger partial charge in [-0.3, -0.25) is 0 Å². The number of hydrogen-bond donors (Lipinski definition) is 0. The Kier molecular flexibility index (Phi) is 6.20. The first kappa shape index (κ1) is 14.4. The van der Waals surface area contributed by atoms with Gasteiger partial charge in [0.25, 0.3) is 0 Å². The fourth-order valence-corrected chi connectivity index (χ4v) is 11.6. The average molecular weight is 234 g/mol. The van der Waals surface area contributed by atoms with Gasteiger partial charge >= 0.3 is 8.56 Å². The lowest BCUT2D eigenvalue weighted by Gasteiger charge is -2.32. The highest BCUT2D eigenvalue weighted by Crippen LogP contribution is 2.26. The molecule has 2 nitrogen and oxygen atoms in total. The van der Waals surface area contributed by atoms with E-state index in [4.69, 9.17) is 8.85 Å². The predicted molar refractivity (Wildman–Crippen MR) is 67.6 cm³/mol. The Balaban J connectivity index is 4.36. The molecule has 0 spiro atoms. The number of unbranched alkanes of at least 4 members (excludes halogenated alkanes) is 1. The van der Waals surface area contributed by atoms with Crippen molar-refractivity contribution < 1.29 is 8.85 Å². The van der Waals surface area contributed by atoms with Gasteiger partial charge in [-0.25, -0.2) is 0 Å². The van der Waals surface area contributed by atoms with Crippen LogP contribution in [0.4, 0.5) is 0 Å². The van der Waals surface area contributed by atoms with Crippen molar-refractivity contribution in [1.29, 1.82) is 0 Å². The van der Waals surface area contributed by atoms with Crippen LogP contribution in [0.2, 0.25) is 31.4 Å². The lowest BCUT2D eigenvalue weighted by molar-refractivity contribution is 0.245. The van der Waals surface area contributed by atoms with Gasteiger partial charge in [0.05, 0.1) is 0 Å². The summed E-state index contributed by atoms with van der Waals surface area (Å²) >= 11 is 0. The van der Waals surface area contributed by atoms with Crippen molar-refractivity contribution in [3.63, 3.8) is 0 Å². The molecule has 0 fully saturated rings. The highest BCUT2D eigenvalue weighted by molar-refractivity contribution is 6.90. The quantitative estimate of drug-likeness (QED) is 0.629. The third-order valence-corrected chi connectivity index (χ3v) is 11.5. The standard InChI is InChI=1S/C10H26O2Si2/c1-7-8-9-14(11-2,12-3)10-13(4,5)6/h7-10H2,1-6H3. The summed E-state index contributed by atoms with van der Waals surface area (Å²) in [5, 5.41) is 0. The molecule has 86 valence electrons. The largest absolute Gasteiger partial charge is 0.398 e. The summed E-state index contributed by atoms with van der Waals surface area (Å²) in [5.74, 6) is 0. The summed E-state index contributed by atoms with van der Waals surface area (Å²) in [5.41, 5.74) is 1.22. The van der Waals surface area contributed by atoms with Gasteiger partial charge in [0.15, 0.2) is 0 Å². The van der Waals surface area contributed by atoms with Crippen LogP contribution in [0.3, 0.4) is 0 Å². The highest BCUT2D eigenvalue weighted by Gasteiger charge is 2.39. The Morgan fingerprint density at radius 1 is 1.00 bits per heavy atom. The summed E-state index contributed by atoms with van der Waals surface area (Å²) in [7, 11) is 0.739. The van der Waals surface area contributed by atoms with E-state index in [9.17, 15) is 0 Å². The van der Waals surface area contributed by atoms with E-state index in [-0.39, 0.29) is 0 Å². The van der Waals surface area contributed by atoms with Crippen molar-refractivity contribution in [3.8, 4) is 0 Å². The zero-order valence-corrected chi connectivity index (χ0v) is 12.6. The minimum absolute atomic E-state index is 1.07. The fourth-order valence-electron chi connectivity index (χ4n) is 1.77. The smallest absolute Gasteiger partial charge is 0.334 e. The summed E-state index contributed by atoms with van der Waals surface area (Å²) < 4.78 is 11.4. The molecule has 0 bridgehead atoms. The zero-order chi connectivity index (χ0) is 11.2. The summed E-state index contributed by atoms with van der Waals surface area (Å²) in [6.45, 7) is 9.38. The van der Waals surface area contributed by atoms with Crippen molar-refractivity contribution >= 4 is 16.6 Å². The zero-order valence-electron chi connectivity index (χ0n) is 10.6. The molecule has 0 radical (unpaired) electrons. The molecular weight excluding hydrogens is 208 g/mol. The first-order valence-corrected chi connectivity index (χ1v) is 11.4. The van der Waals surface area contributed by atoms with E-state index < -0.39 is 16.6 Å². The van der Waals surface area contributed by atoms with Crippen LogP contribution in [-0.4, -0.2) is 30.9 Å². The molecule has 0 aliphatic rings. The van der Waals surface area contributed by atoms with E-state index in [1.165, 1.54) is 18.5 Å². The second-order valence-corrected chi connectivity index (χ2v) is 14.8. The molecular formula is C10H26O2Si2. The molecule has 4 heteroatoms. The van der Waals surface area contributed by atoms with Crippen LogP contribution in [-0.2, 0) is 8.85 Å². The van der Waals surface area contributed by atoms with Gasteiger partial charge in [0.2, 0.25) is 0 Å². The molecule has 0 heterocycles. The minimum atomic E-state index is -1.84. The molecule has 0 aromatic rings. The maximum atomic E-state index is 5.72. The summed E-state index contributed by atoms with van der Waals surface area (Å²) in [6, 6.07) is 1.15. The van der Waals surface area contributed by atoms with Gasteiger partial charge in [0, 0.05) is 22.3 Å². The SMILES string of the molecule is CCCC[Si](C[Si](C)(C)C)(OC)OC. The Hall–Kier alpha value is 0.354. The van der Waals surface area contributed by atoms with Crippen molar-refractivity contribution in [1.82, 2.24) is 0 Å². The van der Waals surface area contributed by atoms with Gasteiger partial charge in [0.1, 0.15) is 0 Å². The average Bonchev–Trinajstić information content (AvgIpc) is 2.10. The van der Waals surface area contributed by atoms with E-state index in [1.807, 2.05) is 14.2 Å². The Bertz CT molecular complexity index is 151. The van der Waals surface area contributed by atoms with Crippen LogP contribution in [0.25, 0.3) is 0 Å². The van der Waals surface area contributed by atoms with Crippen molar-refractivity contribution in [3.05, 3.63) is 0 Å². The Labute approximate surface area is 91.3 Å². The van der Waals surface area contributed by atoms with Crippen LogP contribution in [0.5, 0.6) is 0 Å². The fraction of sp³-hybridized carbons (Fsp3) is 1.00. The minimum Gasteiger partial charge on any atom is -0.398 e. The highest BCUT2D eigenvalue weighted by atomic mass is 28.4. The second-order valence-electron chi connectivity index (χ2n) is 5.16. The van der Waals surface area contributed by atoms with Gasteiger partial charge < -0.3 is 8.85 Å². The first-order chi connectivity index (χ1) is 6.39. The Morgan fingerprint density at radius 3 is 1.79 bits per heavy atom. The molecule has 0 unspecified atom stereocenters. The van der Waals surface area contributed by atoms with E-state index in [0.29, 0.717) is 0 Å². The van der Waals surface area contributed by atoms with Gasteiger partial charge in [-0.15, -0.1) is 0 Å². The maximum Gasteiger partial charge on any atom is 0.334 e. The van der Waals surface area contributed by atoms with Crippen molar-refractivity contribution in [2.45, 2.75) is 51.1 Å². The van der Waals surface area contributed by atoms with E-state index in [1.54, 1.807) is 0 Å². The normalized spacial score (nSPS) is 13.3. The van der Waals surface area contributed by atoms with Crippen molar-refractivity contribution in [2.75, 3.05) is 14.2 Å². The van der Waals surface area contributed by atoms with Gasteiger partial charge in [-0.05, 0) is 11.7 Å². The molecule has 0 saturated heterocycles. The summed E-state index contributed by atoms with van der Waals surface area (Å²) in [6.07, 6.45) is 2.46. The van der Waals surface area contributed by atoms with Crippen molar-refractivity contribution in [2.24, 2.45) is 0 Å². The predicted octanol–water partition coefficient (Wildman–Crippen LogP) is 3.40. The first-order valence-electron chi connectivity index (χ1n) is 5.49. The molecule has 0 aliphatic carbocycles. The summed E-state index contributed by atoms with van der Waals surface area (Å²) in [4.78, 5) is 0. The van der Waals surface area contributed by atoms with Gasteiger partial charge in [-0.1, -0.05) is 39.4 Å². The van der Waals surface area contributed by atoms with Crippen LogP contribution in [0, 0.1) is 0 Å². The van der Waals surface area contributed by atoms with Gasteiger partial charge in [-0.2, -0.15) is 0 Å². The van der Waals surface area contributed by atoms with E-state index in [2.05, 4.69) is 26.6 Å². The van der Waals surface area contributed by atoms with Crippen LogP contribution in [0.1, 0.15) is 19.8 Å². The molecule has 0 rings (SSSR count). The third-order valence-electron chi connectivity index (χ3n) is 2.45. The van der Waals surface area contributed by atoms with Crippen LogP contribution < -0.4 is 0 Å².